The van der Waals surface area contributed by atoms with Crippen LogP contribution in [-0.2, 0) is 9.59 Å². The maximum Gasteiger partial charge on any atom is 0.287 e. The van der Waals surface area contributed by atoms with Crippen LogP contribution in [0.5, 0.6) is 0 Å². The van der Waals surface area contributed by atoms with Gasteiger partial charge in [0.2, 0.25) is 5.91 Å². The molecule has 7 heteroatoms. The highest BCUT2D eigenvalue weighted by Gasteiger charge is 2.41. The van der Waals surface area contributed by atoms with E-state index in [9.17, 15) is 18.8 Å². The number of rotatable bonds is 3. The van der Waals surface area contributed by atoms with Gasteiger partial charge >= 0.3 is 0 Å². The van der Waals surface area contributed by atoms with Crippen LogP contribution in [-0.4, -0.2) is 34.7 Å². The van der Waals surface area contributed by atoms with E-state index in [0.717, 1.165) is 4.90 Å². The zero-order valence-corrected chi connectivity index (χ0v) is 12.6. The Morgan fingerprint density at radius 3 is 2.74 bits per heavy atom. The monoisotopic (exact) mass is 318 g/mol. The van der Waals surface area contributed by atoms with Crippen molar-refractivity contribution in [3.8, 4) is 0 Å². The number of hydrogen-bond donors (Lipinski definition) is 1. The van der Waals surface area contributed by atoms with Crippen molar-refractivity contribution in [2.24, 2.45) is 0 Å². The second kappa shape index (κ2) is 5.49. The number of likely N-dealkylation sites (tertiary alicyclic amines) is 1. The summed E-state index contributed by atoms with van der Waals surface area (Å²) in [6.07, 6.45) is -0.0860. The average Bonchev–Trinajstić information content (AvgIpc) is 3.02. The summed E-state index contributed by atoms with van der Waals surface area (Å²) < 4.78 is 18.8. The van der Waals surface area contributed by atoms with Gasteiger partial charge in [0.05, 0.1) is 6.42 Å². The molecule has 2 aromatic rings. The molecule has 1 aliphatic rings. The van der Waals surface area contributed by atoms with Gasteiger partial charge in [-0.15, -0.1) is 0 Å². The van der Waals surface area contributed by atoms with E-state index in [0.29, 0.717) is 5.39 Å². The summed E-state index contributed by atoms with van der Waals surface area (Å²) >= 11 is 0. The predicted octanol–water partition coefficient (Wildman–Crippen LogP) is 1.84. The number of hydrogen-bond acceptors (Lipinski definition) is 4. The molecule has 1 aliphatic heterocycles. The van der Waals surface area contributed by atoms with Crippen molar-refractivity contribution >= 4 is 28.7 Å². The van der Waals surface area contributed by atoms with E-state index >= 15 is 0 Å². The lowest BCUT2D eigenvalue weighted by atomic mass is 10.2. The molecule has 1 unspecified atom stereocenters. The number of para-hydroxylation sites is 1. The van der Waals surface area contributed by atoms with Gasteiger partial charge in [-0.25, -0.2) is 4.39 Å². The molecule has 120 valence electrons. The van der Waals surface area contributed by atoms with Crippen LogP contribution in [0.1, 0.15) is 30.8 Å². The minimum Gasteiger partial charge on any atom is -0.448 e. The number of halogens is 1. The summed E-state index contributed by atoms with van der Waals surface area (Å²) in [7, 11) is 0. The fraction of sp³-hybridized carbons (Fsp3) is 0.312. The highest BCUT2D eigenvalue weighted by molar-refractivity contribution is 6.08. The van der Waals surface area contributed by atoms with Gasteiger partial charge in [0.15, 0.2) is 17.2 Å². The van der Waals surface area contributed by atoms with E-state index in [2.05, 4.69) is 5.32 Å². The molecular weight excluding hydrogens is 303 g/mol. The SMILES string of the molecule is CC(C)N1C(=O)CC(NC(=O)c2cc3cccc(F)c3o2)C1=O. The number of benzene rings is 1. The molecule has 1 aromatic heterocycles. The Kier molecular flexibility index (Phi) is 3.63. The number of fused-ring (bicyclic) bond motifs is 1. The van der Waals surface area contributed by atoms with Crippen LogP contribution < -0.4 is 5.32 Å². The van der Waals surface area contributed by atoms with Crippen molar-refractivity contribution < 1.29 is 23.2 Å². The highest BCUT2D eigenvalue weighted by atomic mass is 19.1. The van der Waals surface area contributed by atoms with Gasteiger partial charge in [0.25, 0.3) is 11.8 Å². The third-order valence-electron chi connectivity index (χ3n) is 3.72. The van der Waals surface area contributed by atoms with Gasteiger partial charge in [-0.2, -0.15) is 0 Å². The van der Waals surface area contributed by atoms with E-state index in [1.54, 1.807) is 19.9 Å². The largest absolute Gasteiger partial charge is 0.448 e. The number of furan rings is 1. The van der Waals surface area contributed by atoms with Gasteiger partial charge in [-0.3, -0.25) is 19.3 Å². The van der Waals surface area contributed by atoms with Crippen LogP contribution in [0.25, 0.3) is 11.0 Å². The third kappa shape index (κ3) is 2.58. The molecule has 0 radical (unpaired) electrons. The van der Waals surface area contributed by atoms with E-state index in [-0.39, 0.29) is 29.7 Å². The highest BCUT2D eigenvalue weighted by Crippen LogP contribution is 2.23. The van der Waals surface area contributed by atoms with E-state index < -0.39 is 23.7 Å². The topological polar surface area (TPSA) is 79.6 Å². The second-order valence-electron chi connectivity index (χ2n) is 5.69. The van der Waals surface area contributed by atoms with Crippen molar-refractivity contribution in [3.63, 3.8) is 0 Å². The molecule has 3 rings (SSSR count). The van der Waals surface area contributed by atoms with Gasteiger partial charge in [-0.05, 0) is 26.0 Å². The molecular formula is C16H15FN2O4. The van der Waals surface area contributed by atoms with Crippen LogP contribution in [0.2, 0.25) is 0 Å². The second-order valence-corrected chi connectivity index (χ2v) is 5.69. The zero-order chi connectivity index (χ0) is 16.7. The van der Waals surface area contributed by atoms with E-state index in [1.807, 2.05) is 0 Å². The van der Waals surface area contributed by atoms with Crippen molar-refractivity contribution in [1.82, 2.24) is 10.2 Å². The minimum absolute atomic E-state index is 0.0183. The number of imide groups is 1. The Labute approximate surface area is 131 Å². The summed E-state index contributed by atoms with van der Waals surface area (Å²) in [5, 5.41) is 2.93. The maximum absolute atomic E-state index is 13.6. The lowest BCUT2D eigenvalue weighted by Gasteiger charge is -2.18. The summed E-state index contributed by atoms with van der Waals surface area (Å²) in [5.41, 5.74) is -0.0183. The Morgan fingerprint density at radius 1 is 1.39 bits per heavy atom. The molecule has 3 amide bonds. The summed E-state index contributed by atoms with van der Waals surface area (Å²) in [6.45, 7) is 3.45. The normalized spacial score (nSPS) is 18.3. The van der Waals surface area contributed by atoms with E-state index in [4.69, 9.17) is 4.42 Å². The first-order chi connectivity index (χ1) is 10.9. The van der Waals surface area contributed by atoms with Gasteiger partial charge in [-0.1, -0.05) is 12.1 Å². The molecule has 1 fully saturated rings. The summed E-state index contributed by atoms with van der Waals surface area (Å²) in [4.78, 5) is 37.3. The maximum atomic E-state index is 13.6. The molecule has 23 heavy (non-hydrogen) atoms. The van der Waals surface area contributed by atoms with Crippen LogP contribution in [0.4, 0.5) is 4.39 Å². The fourth-order valence-corrected chi connectivity index (χ4v) is 2.68. The van der Waals surface area contributed by atoms with Crippen molar-refractivity contribution in [1.29, 1.82) is 0 Å². The van der Waals surface area contributed by atoms with Crippen LogP contribution in [0, 0.1) is 5.82 Å². The summed E-state index contributed by atoms with van der Waals surface area (Å²) in [6, 6.07) is 4.56. The Balaban J connectivity index is 1.80. The van der Waals surface area contributed by atoms with Gasteiger partial charge < -0.3 is 9.73 Å². The molecule has 1 saturated heterocycles. The molecule has 0 bridgehead atoms. The number of amides is 3. The number of carbonyl (C=O) groups excluding carboxylic acids is 3. The first-order valence-corrected chi connectivity index (χ1v) is 7.23. The Bertz CT molecular complexity index is 812. The first-order valence-electron chi connectivity index (χ1n) is 7.23. The van der Waals surface area contributed by atoms with Gasteiger partial charge in [0, 0.05) is 11.4 Å². The molecule has 6 nitrogen and oxygen atoms in total. The fourth-order valence-electron chi connectivity index (χ4n) is 2.68. The summed E-state index contributed by atoms with van der Waals surface area (Å²) in [5.74, 6) is -2.10. The Hall–Kier alpha value is -2.70. The lowest BCUT2D eigenvalue weighted by Crippen LogP contribution is -2.43. The van der Waals surface area contributed by atoms with Crippen LogP contribution >= 0.6 is 0 Å². The predicted molar refractivity (Wildman–Crippen MR) is 79.0 cm³/mol. The van der Waals surface area contributed by atoms with Crippen molar-refractivity contribution in [2.45, 2.75) is 32.4 Å². The van der Waals surface area contributed by atoms with Crippen LogP contribution in [0.3, 0.4) is 0 Å². The standard InChI is InChI=1S/C16H15FN2O4/c1-8(2)19-13(20)7-11(16(19)22)18-15(21)12-6-9-4-3-5-10(17)14(9)23-12/h3-6,8,11H,7H2,1-2H3,(H,18,21). The number of nitrogens with one attached hydrogen (secondary N) is 1. The number of nitrogens with zero attached hydrogens (tertiary/aromatic N) is 1. The van der Waals surface area contributed by atoms with Gasteiger partial charge in [0.1, 0.15) is 6.04 Å². The smallest absolute Gasteiger partial charge is 0.287 e. The minimum atomic E-state index is -0.921. The zero-order valence-electron chi connectivity index (χ0n) is 12.6. The molecule has 1 aromatic carbocycles. The molecule has 1 N–H and O–H groups in total. The average molecular weight is 318 g/mol. The molecule has 2 heterocycles. The quantitative estimate of drug-likeness (QED) is 0.876. The van der Waals surface area contributed by atoms with Crippen molar-refractivity contribution in [3.05, 3.63) is 35.8 Å². The molecule has 1 atom stereocenters. The third-order valence-corrected chi connectivity index (χ3v) is 3.72. The van der Waals surface area contributed by atoms with Crippen LogP contribution in [0.15, 0.2) is 28.7 Å². The first kappa shape index (κ1) is 15.2. The number of carbonyl (C=O) groups is 3. The molecule has 0 spiro atoms. The van der Waals surface area contributed by atoms with E-state index in [1.165, 1.54) is 18.2 Å². The molecule has 0 aliphatic carbocycles. The van der Waals surface area contributed by atoms with Crippen molar-refractivity contribution in [2.75, 3.05) is 0 Å². The molecule has 0 saturated carbocycles. The Morgan fingerprint density at radius 2 is 2.13 bits per heavy atom. The lowest BCUT2D eigenvalue weighted by molar-refractivity contribution is -0.140.